The Kier molecular flexibility index (Phi) is 5.53. The van der Waals surface area contributed by atoms with Crippen LogP contribution in [0.3, 0.4) is 0 Å². The number of rotatable bonds is 6. The second-order valence-corrected chi connectivity index (χ2v) is 8.62. The molecule has 0 atom stereocenters. The van der Waals surface area contributed by atoms with Gasteiger partial charge in [-0.15, -0.1) is 10.2 Å². The standard InChI is InChI=1S/C18H14FN7O2S2/c19-12-3-1-11(2-4-12)9-29-17-15-16(21-10-22-17)24-18(23-15)26-25-13-5-7-14(8-6-13)30(20,27)28/h1-8,10H,9H2,(H2,20,27,28)(H,21,22,23,24). The van der Waals surface area contributed by atoms with Gasteiger partial charge in [-0.3, -0.25) is 0 Å². The van der Waals surface area contributed by atoms with E-state index in [9.17, 15) is 12.8 Å². The molecule has 12 heteroatoms. The summed E-state index contributed by atoms with van der Waals surface area (Å²) in [5.41, 5.74) is 2.43. The van der Waals surface area contributed by atoms with Crippen LogP contribution in [0.15, 0.2) is 75.0 Å². The number of thioether (sulfide) groups is 1. The minimum atomic E-state index is -3.76. The zero-order valence-electron chi connectivity index (χ0n) is 15.2. The molecule has 0 fully saturated rings. The monoisotopic (exact) mass is 443 g/mol. The van der Waals surface area contributed by atoms with Crippen molar-refractivity contribution in [2.75, 3.05) is 0 Å². The van der Waals surface area contributed by atoms with E-state index >= 15 is 0 Å². The molecule has 4 rings (SSSR count). The molecule has 0 aliphatic rings. The molecule has 2 heterocycles. The highest BCUT2D eigenvalue weighted by molar-refractivity contribution is 7.98. The Bertz CT molecular complexity index is 1320. The van der Waals surface area contributed by atoms with E-state index < -0.39 is 10.0 Å². The maximum atomic E-state index is 13.0. The summed E-state index contributed by atoms with van der Waals surface area (Å²) in [5.74, 6) is 0.541. The topological polar surface area (TPSA) is 139 Å². The van der Waals surface area contributed by atoms with Gasteiger partial charge in [-0.1, -0.05) is 23.9 Å². The van der Waals surface area contributed by atoms with E-state index in [0.29, 0.717) is 27.6 Å². The number of nitrogens with zero attached hydrogens (tertiary/aromatic N) is 5. The van der Waals surface area contributed by atoms with Gasteiger partial charge in [0.2, 0.25) is 16.0 Å². The van der Waals surface area contributed by atoms with Crippen LogP contribution in [-0.4, -0.2) is 28.4 Å². The third kappa shape index (κ3) is 4.67. The van der Waals surface area contributed by atoms with Gasteiger partial charge in [0.05, 0.1) is 10.6 Å². The average Bonchev–Trinajstić information content (AvgIpc) is 3.15. The molecule has 0 aliphatic heterocycles. The number of imidazole rings is 1. The van der Waals surface area contributed by atoms with E-state index in [0.717, 1.165) is 5.56 Å². The molecule has 3 N–H and O–H groups in total. The predicted molar refractivity (Wildman–Crippen MR) is 110 cm³/mol. The van der Waals surface area contributed by atoms with E-state index in [1.165, 1.54) is 54.5 Å². The Morgan fingerprint density at radius 3 is 2.47 bits per heavy atom. The van der Waals surface area contributed by atoms with Gasteiger partial charge in [-0.05, 0) is 42.0 Å². The molecule has 0 bridgehead atoms. The van der Waals surface area contributed by atoms with Crippen LogP contribution in [0.1, 0.15) is 5.56 Å². The maximum Gasteiger partial charge on any atom is 0.249 e. The van der Waals surface area contributed by atoms with Crippen molar-refractivity contribution < 1.29 is 12.8 Å². The summed E-state index contributed by atoms with van der Waals surface area (Å²) in [4.78, 5) is 15.7. The van der Waals surface area contributed by atoms with Crippen molar-refractivity contribution in [2.24, 2.45) is 15.4 Å². The number of aromatic amines is 1. The highest BCUT2D eigenvalue weighted by Crippen LogP contribution is 2.28. The van der Waals surface area contributed by atoms with Crippen LogP contribution >= 0.6 is 11.8 Å². The molecular weight excluding hydrogens is 429 g/mol. The molecule has 2 aromatic carbocycles. The van der Waals surface area contributed by atoms with Crippen molar-refractivity contribution in [2.45, 2.75) is 15.7 Å². The molecule has 0 spiro atoms. The Morgan fingerprint density at radius 2 is 1.77 bits per heavy atom. The van der Waals surface area contributed by atoms with Crippen molar-refractivity contribution in [3.05, 3.63) is 66.2 Å². The Labute approximate surface area is 174 Å². The number of aromatic nitrogens is 4. The van der Waals surface area contributed by atoms with Gasteiger partial charge in [0.15, 0.2) is 5.65 Å². The van der Waals surface area contributed by atoms with E-state index in [-0.39, 0.29) is 16.7 Å². The predicted octanol–water partition coefficient (Wildman–Crippen LogP) is 3.85. The van der Waals surface area contributed by atoms with Gasteiger partial charge in [-0.25, -0.2) is 27.9 Å². The van der Waals surface area contributed by atoms with E-state index in [1.54, 1.807) is 12.1 Å². The first kappa shape index (κ1) is 20.1. The number of sulfonamides is 1. The summed E-state index contributed by atoms with van der Waals surface area (Å²) in [6, 6.07) is 11.9. The second-order valence-electron chi connectivity index (χ2n) is 6.09. The molecule has 0 amide bonds. The molecular formula is C18H14FN7O2S2. The summed E-state index contributed by atoms with van der Waals surface area (Å²) in [6.45, 7) is 0. The van der Waals surface area contributed by atoms with Gasteiger partial charge >= 0.3 is 0 Å². The number of nitrogens with one attached hydrogen (secondary N) is 1. The summed E-state index contributed by atoms with van der Waals surface area (Å²) >= 11 is 1.45. The lowest BCUT2D eigenvalue weighted by Gasteiger charge is -2.01. The number of fused-ring (bicyclic) bond motifs is 1. The summed E-state index contributed by atoms with van der Waals surface area (Å²) in [5, 5.41) is 13.8. The molecule has 152 valence electrons. The quantitative estimate of drug-likeness (QED) is 0.264. The average molecular weight is 443 g/mol. The first-order valence-corrected chi connectivity index (χ1v) is 11.0. The highest BCUT2D eigenvalue weighted by atomic mass is 32.2. The molecule has 30 heavy (non-hydrogen) atoms. The van der Waals surface area contributed by atoms with Crippen molar-refractivity contribution in [3.8, 4) is 0 Å². The van der Waals surface area contributed by atoms with E-state index in [1.807, 2.05) is 0 Å². The zero-order valence-corrected chi connectivity index (χ0v) is 16.9. The van der Waals surface area contributed by atoms with Gasteiger partial charge in [-0.2, -0.15) is 4.98 Å². The minimum absolute atomic E-state index is 0.0108. The fourth-order valence-corrected chi connectivity index (χ4v) is 3.91. The number of halogens is 1. The largest absolute Gasteiger partial charge is 0.317 e. The number of azo groups is 1. The van der Waals surface area contributed by atoms with Gasteiger partial charge in [0.1, 0.15) is 22.7 Å². The van der Waals surface area contributed by atoms with Crippen molar-refractivity contribution >= 4 is 44.6 Å². The van der Waals surface area contributed by atoms with Crippen LogP contribution in [0.25, 0.3) is 11.2 Å². The molecule has 4 aromatic rings. The van der Waals surface area contributed by atoms with E-state index in [2.05, 4.69) is 30.2 Å². The SMILES string of the molecule is NS(=O)(=O)c1ccc(N=Nc2nc3ncnc(SCc4ccc(F)cc4)c3[nH]2)cc1. The van der Waals surface area contributed by atoms with Crippen LogP contribution in [0.2, 0.25) is 0 Å². The van der Waals surface area contributed by atoms with Crippen LogP contribution in [0.5, 0.6) is 0 Å². The molecule has 0 radical (unpaired) electrons. The van der Waals surface area contributed by atoms with Crippen LogP contribution in [0, 0.1) is 5.82 Å². The number of benzene rings is 2. The summed E-state index contributed by atoms with van der Waals surface area (Å²) < 4.78 is 35.6. The molecule has 0 unspecified atom stereocenters. The molecule has 0 saturated carbocycles. The first-order chi connectivity index (χ1) is 14.4. The number of nitrogens with two attached hydrogens (primary N) is 1. The lowest BCUT2D eigenvalue weighted by Crippen LogP contribution is -2.11. The molecule has 0 saturated heterocycles. The smallest absolute Gasteiger partial charge is 0.249 e. The van der Waals surface area contributed by atoms with Gasteiger partial charge < -0.3 is 4.98 Å². The lowest BCUT2D eigenvalue weighted by molar-refractivity contribution is 0.598. The van der Waals surface area contributed by atoms with Crippen molar-refractivity contribution in [1.29, 1.82) is 0 Å². The highest BCUT2D eigenvalue weighted by Gasteiger charge is 2.11. The van der Waals surface area contributed by atoms with Crippen LogP contribution in [0.4, 0.5) is 16.0 Å². The number of primary sulfonamides is 1. The van der Waals surface area contributed by atoms with Crippen LogP contribution in [-0.2, 0) is 15.8 Å². The first-order valence-electron chi connectivity index (χ1n) is 8.51. The number of H-pyrrole nitrogens is 1. The maximum absolute atomic E-state index is 13.0. The second kappa shape index (κ2) is 8.26. The third-order valence-corrected chi connectivity index (χ3v) is 5.95. The molecule has 2 aromatic heterocycles. The van der Waals surface area contributed by atoms with Crippen molar-refractivity contribution in [1.82, 2.24) is 19.9 Å². The molecule has 9 nitrogen and oxygen atoms in total. The van der Waals surface area contributed by atoms with Gasteiger partial charge in [0, 0.05) is 5.75 Å². The van der Waals surface area contributed by atoms with Crippen LogP contribution < -0.4 is 5.14 Å². The number of hydrogen-bond acceptors (Lipinski definition) is 8. The van der Waals surface area contributed by atoms with Gasteiger partial charge in [0.25, 0.3) is 0 Å². The Balaban J connectivity index is 1.52. The minimum Gasteiger partial charge on any atom is -0.317 e. The lowest BCUT2D eigenvalue weighted by atomic mass is 10.2. The fraction of sp³-hybridized carbons (Fsp3) is 0.0556. The third-order valence-electron chi connectivity index (χ3n) is 3.96. The zero-order chi connectivity index (χ0) is 21.1. The number of hydrogen-bond donors (Lipinski definition) is 2. The normalized spacial score (nSPS) is 12.1. The summed E-state index contributed by atoms with van der Waals surface area (Å²) in [7, 11) is -3.76. The molecule has 0 aliphatic carbocycles. The Morgan fingerprint density at radius 1 is 1.03 bits per heavy atom. The summed E-state index contributed by atoms with van der Waals surface area (Å²) in [6.07, 6.45) is 1.41. The fourth-order valence-electron chi connectivity index (χ4n) is 2.49. The Hall–Kier alpha value is -3.22. The van der Waals surface area contributed by atoms with E-state index in [4.69, 9.17) is 5.14 Å². The van der Waals surface area contributed by atoms with Crippen molar-refractivity contribution in [3.63, 3.8) is 0 Å².